The third-order valence-corrected chi connectivity index (χ3v) is 5.69. The Balaban J connectivity index is 2.07. The fourth-order valence-electron chi connectivity index (χ4n) is 2.44. The van der Waals surface area contributed by atoms with Crippen molar-refractivity contribution in [2.75, 3.05) is 32.8 Å². The Bertz CT molecular complexity index is 629. The number of hydrogen-bond acceptors (Lipinski definition) is 5. The predicted octanol–water partition coefficient (Wildman–Crippen LogP) is 1.30. The van der Waals surface area contributed by atoms with E-state index in [-0.39, 0.29) is 10.9 Å². The Labute approximate surface area is 131 Å². The van der Waals surface area contributed by atoms with E-state index in [1.165, 1.54) is 4.31 Å². The SMILES string of the molecule is CCOc1ccc(S(=O)(=O)N2CCN([C@@H](C)C#N)CC2)cc1. The van der Waals surface area contributed by atoms with E-state index in [9.17, 15) is 8.42 Å². The minimum absolute atomic E-state index is 0.185. The average Bonchev–Trinajstić information content (AvgIpc) is 2.55. The van der Waals surface area contributed by atoms with Crippen LogP contribution >= 0.6 is 0 Å². The predicted molar refractivity (Wildman–Crippen MR) is 83.0 cm³/mol. The Morgan fingerprint density at radius 3 is 2.32 bits per heavy atom. The number of rotatable bonds is 5. The van der Waals surface area contributed by atoms with E-state index in [1.54, 1.807) is 24.3 Å². The quantitative estimate of drug-likeness (QED) is 0.817. The maximum Gasteiger partial charge on any atom is 0.243 e. The number of ether oxygens (including phenoxy) is 1. The van der Waals surface area contributed by atoms with E-state index in [2.05, 4.69) is 6.07 Å². The van der Waals surface area contributed by atoms with Gasteiger partial charge in [-0.2, -0.15) is 9.57 Å². The van der Waals surface area contributed by atoms with Crippen LogP contribution in [-0.2, 0) is 10.0 Å². The minimum Gasteiger partial charge on any atom is -0.494 e. The second-order valence-corrected chi connectivity index (χ2v) is 7.09. The van der Waals surface area contributed by atoms with Crippen LogP contribution in [-0.4, -0.2) is 56.5 Å². The van der Waals surface area contributed by atoms with Gasteiger partial charge >= 0.3 is 0 Å². The van der Waals surface area contributed by atoms with Gasteiger partial charge in [-0.1, -0.05) is 0 Å². The molecular formula is C15H21N3O3S. The molecule has 1 aromatic rings. The summed E-state index contributed by atoms with van der Waals surface area (Å²) in [7, 11) is -3.48. The molecule has 0 bridgehead atoms. The second-order valence-electron chi connectivity index (χ2n) is 5.15. The molecular weight excluding hydrogens is 302 g/mol. The highest BCUT2D eigenvalue weighted by Crippen LogP contribution is 2.21. The van der Waals surface area contributed by atoms with Gasteiger partial charge in [0.05, 0.1) is 23.6 Å². The molecule has 0 saturated carbocycles. The number of nitrogens with zero attached hydrogens (tertiary/aromatic N) is 3. The highest BCUT2D eigenvalue weighted by molar-refractivity contribution is 7.89. The fourth-order valence-corrected chi connectivity index (χ4v) is 3.86. The zero-order valence-corrected chi connectivity index (χ0v) is 13.7. The first-order chi connectivity index (χ1) is 10.5. The van der Waals surface area contributed by atoms with Gasteiger partial charge in [-0.15, -0.1) is 0 Å². The first kappa shape index (κ1) is 16.7. The van der Waals surface area contributed by atoms with Crippen molar-refractivity contribution >= 4 is 10.0 Å². The van der Waals surface area contributed by atoms with Gasteiger partial charge in [-0.3, -0.25) is 4.90 Å². The second kappa shape index (κ2) is 7.09. The molecule has 22 heavy (non-hydrogen) atoms. The van der Waals surface area contributed by atoms with Crippen molar-refractivity contribution in [1.82, 2.24) is 9.21 Å². The lowest BCUT2D eigenvalue weighted by Gasteiger charge is -2.35. The summed E-state index contributed by atoms with van der Waals surface area (Å²) in [6, 6.07) is 8.49. The number of benzene rings is 1. The molecule has 0 aliphatic carbocycles. The third kappa shape index (κ3) is 3.58. The molecule has 7 heteroatoms. The number of sulfonamides is 1. The van der Waals surface area contributed by atoms with Crippen LogP contribution in [0.1, 0.15) is 13.8 Å². The lowest BCUT2D eigenvalue weighted by atomic mass is 10.2. The summed E-state index contributed by atoms with van der Waals surface area (Å²) >= 11 is 0. The van der Waals surface area contributed by atoms with E-state index >= 15 is 0 Å². The van der Waals surface area contributed by atoms with Gasteiger partial charge in [0.25, 0.3) is 0 Å². The van der Waals surface area contributed by atoms with Gasteiger partial charge in [-0.25, -0.2) is 8.42 Å². The number of nitriles is 1. The topological polar surface area (TPSA) is 73.6 Å². The molecule has 0 unspecified atom stereocenters. The summed E-state index contributed by atoms with van der Waals surface area (Å²) in [5.41, 5.74) is 0. The normalized spacial score (nSPS) is 18.6. The molecule has 1 atom stereocenters. The van der Waals surface area contributed by atoms with Crippen molar-refractivity contribution < 1.29 is 13.2 Å². The summed E-state index contributed by atoms with van der Waals surface area (Å²) in [5, 5.41) is 8.93. The number of piperazine rings is 1. The van der Waals surface area contributed by atoms with Gasteiger partial charge in [0.1, 0.15) is 5.75 Å². The minimum atomic E-state index is -3.48. The molecule has 1 aliphatic heterocycles. The van der Waals surface area contributed by atoms with E-state index < -0.39 is 10.0 Å². The van der Waals surface area contributed by atoms with Gasteiger partial charge < -0.3 is 4.74 Å². The molecule has 1 aliphatic rings. The van der Waals surface area contributed by atoms with Crippen molar-refractivity contribution in [2.24, 2.45) is 0 Å². The zero-order valence-electron chi connectivity index (χ0n) is 12.9. The molecule has 1 heterocycles. The van der Waals surface area contributed by atoms with Crippen LogP contribution in [0.2, 0.25) is 0 Å². The van der Waals surface area contributed by atoms with Gasteiger partial charge in [0, 0.05) is 26.2 Å². The summed E-state index contributed by atoms with van der Waals surface area (Å²) < 4.78 is 32.0. The summed E-state index contributed by atoms with van der Waals surface area (Å²) in [6.07, 6.45) is 0. The molecule has 1 fully saturated rings. The van der Waals surface area contributed by atoms with Crippen molar-refractivity contribution in [3.8, 4) is 11.8 Å². The van der Waals surface area contributed by atoms with Gasteiger partial charge in [-0.05, 0) is 38.1 Å². The maximum absolute atomic E-state index is 12.6. The molecule has 0 aromatic heterocycles. The van der Waals surface area contributed by atoms with Crippen molar-refractivity contribution in [1.29, 1.82) is 5.26 Å². The van der Waals surface area contributed by atoms with Crippen molar-refractivity contribution in [3.05, 3.63) is 24.3 Å². The molecule has 0 radical (unpaired) electrons. The molecule has 1 saturated heterocycles. The van der Waals surface area contributed by atoms with Gasteiger partial charge in [0.2, 0.25) is 10.0 Å². The first-order valence-electron chi connectivity index (χ1n) is 7.35. The largest absolute Gasteiger partial charge is 0.494 e. The van der Waals surface area contributed by atoms with Crippen LogP contribution in [0.3, 0.4) is 0 Å². The Kier molecular flexibility index (Phi) is 5.40. The molecule has 0 N–H and O–H groups in total. The Hall–Kier alpha value is -1.62. The van der Waals surface area contributed by atoms with Crippen molar-refractivity contribution in [3.63, 3.8) is 0 Å². The van der Waals surface area contributed by atoms with Crippen LogP contribution in [0.15, 0.2) is 29.2 Å². The van der Waals surface area contributed by atoms with Crippen LogP contribution in [0, 0.1) is 11.3 Å². The highest BCUT2D eigenvalue weighted by Gasteiger charge is 2.29. The lowest BCUT2D eigenvalue weighted by molar-refractivity contribution is 0.169. The maximum atomic E-state index is 12.6. The summed E-state index contributed by atoms with van der Waals surface area (Å²) in [4.78, 5) is 2.27. The number of hydrogen-bond donors (Lipinski definition) is 0. The lowest BCUT2D eigenvalue weighted by Crippen LogP contribution is -2.50. The van der Waals surface area contributed by atoms with Crippen LogP contribution < -0.4 is 4.74 Å². The highest BCUT2D eigenvalue weighted by atomic mass is 32.2. The van der Waals surface area contributed by atoms with Crippen LogP contribution in [0.4, 0.5) is 0 Å². The molecule has 6 nitrogen and oxygen atoms in total. The molecule has 2 rings (SSSR count). The summed E-state index contributed by atoms with van der Waals surface area (Å²) in [5.74, 6) is 0.661. The van der Waals surface area contributed by atoms with Crippen LogP contribution in [0.5, 0.6) is 5.75 Å². The smallest absolute Gasteiger partial charge is 0.243 e. The molecule has 120 valence electrons. The fraction of sp³-hybridized carbons (Fsp3) is 0.533. The molecule has 0 spiro atoms. The van der Waals surface area contributed by atoms with E-state index in [4.69, 9.17) is 10.00 Å². The standard InChI is InChI=1S/C15H21N3O3S/c1-3-21-14-4-6-15(7-5-14)22(19,20)18-10-8-17(9-11-18)13(2)12-16/h4-7,13H,3,8-11H2,1-2H3/t13-/m0/s1. The van der Waals surface area contributed by atoms with Gasteiger partial charge in [0.15, 0.2) is 0 Å². The average molecular weight is 323 g/mol. The summed E-state index contributed by atoms with van der Waals surface area (Å²) in [6.45, 7) is 6.22. The Morgan fingerprint density at radius 1 is 1.23 bits per heavy atom. The first-order valence-corrected chi connectivity index (χ1v) is 8.79. The van der Waals surface area contributed by atoms with E-state index in [1.807, 2.05) is 18.7 Å². The zero-order chi connectivity index (χ0) is 16.2. The monoisotopic (exact) mass is 323 g/mol. The molecule has 1 aromatic carbocycles. The van der Waals surface area contributed by atoms with E-state index in [0.717, 1.165) is 0 Å². The molecule has 0 amide bonds. The van der Waals surface area contributed by atoms with Crippen molar-refractivity contribution in [2.45, 2.75) is 24.8 Å². The Morgan fingerprint density at radius 2 is 1.82 bits per heavy atom. The van der Waals surface area contributed by atoms with Crippen LogP contribution in [0.25, 0.3) is 0 Å². The third-order valence-electron chi connectivity index (χ3n) is 3.78. The van der Waals surface area contributed by atoms with E-state index in [0.29, 0.717) is 38.5 Å².